The molecule has 0 amide bonds. The van der Waals surface area contributed by atoms with Crippen molar-refractivity contribution in [2.45, 2.75) is 51.0 Å². The summed E-state index contributed by atoms with van der Waals surface area (Å²) in [4.78, 5) is 2.52. The first kappa shape index (κ1) is 14.8. The van der Waals surface area contributed by atoms with Gasteiger partial charge in [0.25, 0.3) is 0 Å². The molecule has 0 radical (unpaired) electrons. The lowest BCUT2D eigenvalue weighted by atomic mass is 9.83. The van der Waals surface area contributed by atoms with Crippen LogP contribution in [0.2, 0.25) is 0 Å². The quantitative estimate of drug-likeness (QED) is 0.906. The lowest BCUT2D eigenvalue weighted by molar-refractivity contribution is -0.0847. The van der Waals surface area contributed by atoms with E-state index in [9.17, 15) is 0 Å². The Hall–Kier alpha value is -1.10. The average molecular weight is 290 g/mol. The Kier molecular flexibility index (Phi) is 4.20. The predicted molar refractivity (Wildman–Crippen MR) is 83.6 cm³/mol. The molecular weight excluding hydrogens is 264 g/mol. The van der Waals surface area contributed by atoms with Crippen LogP contribution < -0.4 is 10.5 Å². The van der Waals surface area contributed by atoms with E-state index in [2.05, 4.69) is 30.9 Å². The molecule has 0 spiro atoms. The zero-order valence-electron chi connectivity index (χ0n) is 13.2. The fraction of sp³-hybridized carbons (Fsp3) is 0.647. The predicted octanol–water partition coefficient (Wildman–Crippen LogP) is 2.12. The van der Waals surface area contributed by atoms with Crippen molar-refractivity contribution in [3.63, 3.8) is 0 Å². The summed E-state index contributed by atoms with van der Waals surface area (Å²) in [5.74, 6) is 0.924. The fourth-order valence-electron chi connectivity index (χ4n) is 3.84. The van der Waals surface area contributed by atoms with Gasteiger partial charge in [-0.05, 0) is 49.9 Å². The molecular formula is C17H26N2O2. The SMILES string of the molecule is COc1ccc2c(c1)CCC(N1C[C@@H](C)O[C@@H](C)C1)C2N. The highest BCUT2D eigenvalue weighted by atomic mass is 16.5. The smallest absolute Gasteiger partial charge is 0.119 e. The lowest BCUT2D eigenvalue weighted by Crippen LogP contribution is -2.54. The highest BCUT2D eigenvalue weighted by Gasteiger charge is 2.35. The number of hydrogen-bond donors (Lipinski definition) is 1. The maximum absolute atomic E-state index is 6.58. The number of methoxy groups -OCH3 is 1. The molecule has 1 fully saturated rings. The van der Waals surface area contributed by atoms with Gasteiger partial charge < -0.3 is 15.2 Å². The third-order valence-corrected chi connectivity index (χ3v) is 4.75. The van der Waals surface area contributed by atoms with Crippen molar-refractivity contribution in [2.75, 3.05) is 20.2 Å². The van der Waals surface area contributed by atoms with E-state index in [1.165, 1.54) is 11.1 Å². The normalized spacial score (nSPS) is 33.5. The molecule has 1 aromatic rings. The molecule has 4 nitrogen and oxygen atoms in total. The number of benzene rings is 1. The van der Waals surface area contributed by atoms with Crippen molar-refractivity contribution in [3.8, 4) is 5.75 Å². The van der Waals surface area contributed by atoms with Gasteiger partial charge in [0, 0.05) is 25.2 Å². The summed E-state index contributed by atoms with van der Waals surface area (Å²) in [6.45, 7) is 6.26. The van der Waals surface area contributed by atoms with Crippen LogP contribution in [0.15, 0.2) is 18.2 Å². The van der Waals surface area contributed by atoms with E-state index < -0.39 is 0 Å². The third kappa shape index (κ3) is 2.93. The van der Waals surface area contributed by atoms with E-state index >= 15 is 0 Å². The molecule has 4 heteroatoms. The maximum Gasteiger partial charge on any atom is 0.119 e. The highest BCUT2D eigenvalue weighted by molar-refractivity contribution is 5.40. The molecule has 0 aromatic heterocycles. The van der Waals surface area contributed by atoms with Gasteiger partial charge in [-0.25, -0.2) is 0 Å². The van der Waals surface area contributed by atoms with Crippen molar-refractivity contribution in [2.24, 2.45) is 5.73 Å². The van der Waals surface area contributed by atoms with E-state index in [0.717, 1.165) is 31.7 Å². The summed E-state index contributed by atoms with van der Waals surface area (Å²) in [7, 11) is 1.71. The van der Waals surface area contributed by atoms with Crippen LogP contribution in [0.25, 0.3) is 0 Å². The Bertz CT molecular complexity index is 496. The maximum atomic E-state index is 6.58. The number of fused-ring (bicyclic) bond motifs is 1. The fourth-order valence-corrected chi connectivity index (χ4v) is 3.84. The molecule has 2 N–H and O–H groups in total. The van der Waals surface area contributed by atoms with E-state index in [4.69, 9.17) is 15.2 Å². The lowest BCUT2D eigenvalue weighted by Gasteiger charge is -2.44. The summed E-state index contributed by atoms with van der Waals surface area (Å²) >= 11 is 0. The zero-order chi connectivity index (χ0) is 15.0. The summed E-state index contributed by atoms with van der Waals surface area (Å²) in [6.07, 6.45) is 2.77. The number of nitrogens with zero attached hydrogens (tertiary/aromatic N) is 1. The van der Waals surface area contributed by atoms with Crippen LogP contribution in [0.4, 0.5) is 0 Å². The van der Waals surface area contributed by atoms with Gasteiger partial charge in [0.05, 0.1) is 19.3 Å². The second-order valence-electron chi connectivity index (χ2n) is 6.41. The molecule has 2 aliphatic rings. The van der Waals surface area contributed by atoms with E-state index in [-0.39, 0.29) is 6.04 Å². The van der Waals surface area contributed by atoms with Crippen molar-refractivity contribution in [1.29, 1.82) is 0 Å². The van der Waals surface area contributed by atoms with Crippen molar-refractivity contribution in [3.05, 3.63) is 29.3 Å². The van der Waals surface area contributed by atoms with Gasteiger partial charge in [0.1, 0.15) is 5.75 Å². The van der Waals surface area contributed by atoms with Gasteiger partial charge in [-0.2, -0.15) is 0 Å². The highest BCUT2D eigenvalue weighted by Crippen LogP contribution is 2.34. The molecule has 1 aliphatic heterocycles. The van der Waals surface area contributed by atoms with Crippen LogP contribution in [0.3, 0.4) is 0 Å². The molecule has 116 valence electrons. The molecule has 2 unspecified atom stereocenters. The van der Waals surface area contributed by atoms with Crippen molar-refractivity contribution >= 4 is 0 Å². The molecule has 1 saturated heterocycles. The monoisotopic (exact) mass is 290 g/mol. The van der Waals surface area contributed by atoms with Crippen LogP contribution in [-0.2, 0) is 11.2 Å². The molecule has 4 atom stereocenters. The molecule has 0 saturated carbocycles. The van der Waals surface area contributed by atoms with Crippen LogP contribution >= 0.6 is 0 Å². The van der Waals surface area contributed by atoms with Crippen LogP contribution in [-0.4, -0.2) is 43.3 Å². The first-order valence-electron chi connectivity index (χ1n) is 7.90. The van der Waals surface area contributed by atoms with Gasteiger partial charge in [-0.15, -0.1) is 0 Å². The van der Waals surface area contributed by atoms with Crippen LogP contribution in [0.1, 0.15) is 37.4 Å². The summed E-state index contributed by atoms with van der Waals surface area (Å²) in [5.41, 5.74) is 9.20. The second kappa shape index (κ2) is 5.95. The minimum absolute atomic E-state index is 0.0807. The molecule has 1 aliphatic carbocycles. The molecule has 1 heterocycles. The van der Waals surface area contributed by atoms with E-state index in [0.29, 0.717) is 18.2 Å². The summed E-state index contributed by atoms with van der Waals surface area (Å²) < 4.78 is 11.2. The number of ether oxygens (including phenoxy) is 2. The third-order valence-electron chi connectivity index (χ3n) is 4.75. The van der Waals surface area contributed by atoms with Crippen molar-refractivity contribution < 1.29 is 9.47 Å². The standard InChI is InChI=1S/C17H26N2O2/c1-11-9-19(10-12(2)21-11)16-7-4-13-8-14(20-3)5-6-15(13)17(16)18/h5-6,8,11-12,16-17H,4,7,9-10,18H2,1-3H3/t11-,12+,16?,17?. The first-order chi connectivity index (χ1) is 10.1. The minimum Gasteiger partial charge on any atom is -0.497 e. The number of morpholine rings is 1. The number of nitrogens with two attached hydrogens (primary N) is 1. The van der Waals surface area contributed by atoms with E-state index in [1.807, 2.05) is 6.07 Å². The topological polar surface area (TPSA) is 47.7 Å². The first-order valence-corrected chi connectivity index (χ1v) is 7.90. The molecule has 0 bridgehead atoms. The average Bonchev–Trinajstić information content (AvgIpc) is 2.46. The minimum atomic E-state index is 0.0807. The van der Waals surface area contributed by atoms with Gasteiger partial charge in [0.2, 0.25) is 0 Å². The van der Waals surface area contributed by atoms with Gasteiger partial charge in [-0.1, -0.05) is 6.07 Å². The van der Waals surface area contributed by atoms with E-state index in [1.54, 1.807) is 7.11 Å². The van der Waals surface area contributed by atoms with Crippen LogP contribution in [0, 0.1) is 0 Å². The summed E-state index contributed by atoms with van der Waals surface area (Å²) in [5, 5.41) is 0. The Balaban J connectivity index is 1.80. The Labute approximate surface area is 127 Å². The number of hydrogen-bond acceptors (Lipinski definition) is 4. The van der Waals surface area contributed by atoms with Crippen LogP contribution in [0.5, 0.6) is 5.75 Å². The zero-order valence-corrected chi connectivity index (χ0v) is 13.2. The van der Waals surface area contributed by atoms with Gasteiger partial charge >= 0.3 is 0 Å². The largest absolute Gasteiger partial charge is 0.497 e. The molecule has 3 rings (SSSR count). The molecule has 21 heavy (non-hydrogen) atoms. The Morgan fingerprint density at radius 2 is 1.95 bits per heavy atom. The Morgan fingerprint density at radius 1 is 1.24 bits per heavy atom. The second-order valence-corrected chi connectivity index (χ2v) is 6.41. The molecule has 1 aromatic carbocycles. The number of rotatable bonds is 2. The van der Waals surface area contributed by atoms with Gasteiger partial charge in [-0.3, -0.25) is 4.90 Å². The summed E-state index contributed by atoms with van der Waals surface area (Å²) in [6, 6.07) is 6.79. The Morgan fingerprint density at radius 3 is 2.62 bits per heavy atom. The van der Waals surface area contributed by atoms with Crippen molar-refractivity contribution in [1.82, 2.24) is 4.90 Å². The van der Waals surface area contributed by atoms with Gasteiger partial charge in [0.15, 0.2) is 0 Å². The number of aryl methyl sites for hydroxylation is 1.